The number of nitrogens with zero attached hydrogens (tertiary/aromatic N) is 2. The van der Waals surface area contributed by atoms with Crippen molar-refractivity contribution in [3.63, 3.8) is 0 Å². The van der Waals surface area contributed by atoms with E-state index in [0.717, 1.165) is 5.56 Å². The number of benzene rings is 2. The van der Waals surface area contributed by atoms with Gasteiger partial charge in [-0.05, 0) is 31.3 Å². The molecule has 1 aliphatic heterocycles. The maximum Gasteiger partial charge on any atom is 0.262 e. The summed E-state index contributed by atoms with van der Waals surface area (Å²) in [6.07, 6.45) is 0. The van der Waals surface area contributed by atoms with Crippen molar-refractivity contribution in [2.45, 2.75) is 13.0 Å². The van der Waals surface area contributed by atoms with Gasteiger partial charge < -0.3 is 5.11 Å². The van der Waals surface area contributed by atoms with E-state index in [9.17, 15) is 14.7 Å². The first-order valence-electron chi connectivity index (χ1n) is 9.46. The number of hydrogen-bond acceptors (Lipinski definition) is 4. The van der Waals surface area contributed by atoms with Crippen LogP contribution >= 0.6 is 10.5 Å². The lowest BCUT2D eigenvalue weighted by Gasteiger charge is -2.26. The van der Waals surface area contributed by atoms with Crippen molar-refractivity contribution in [3.8, 4) is 0 Å². The molecule has 1 heterocycles. The predicted molar refractivity (Wildman–Crippen MR) is 125 cm³/mol. The first-order valence-corrected chi connectivity index (χ1v) is 11.0. The fraction of sp³-hybridized carbons (Fsp3) is 0.167. The molecule has 0 bridgehead atoms. The van der Waals surface area contributed by atoms with Gasteiger partial charge in [0.15, 0.2) is 0 Å². The largest absolute Gasteiger partial charge is 0.396 e. The maximum atomic E-state index is 13.0. The number of imide groups is 1. The summed E-state index contributed by atoms with van der Waals surface area (Å²) in [6, 6.07) is 15.6. The van der Waals surface area contributed by atoms with Crippen LogP contribution in [0.15, 0.2) is 76.8 Å². The van der Waals surface area contributed by atoms with Crippen molar-refractivity contribution in [2.24, 2.45) is 4.99 Å². The molecule has 0 spiro atoms. The van der Waals surface area contributed by atoms with Crippen LogP contribution in [0.2, 0.25) is 0 Å². The smallest absolute Gasteiger partial charge is 0.262 e. The van der Waals surface area contributed by atoms with Crippen LogP contribution in [0.1, 0.15) is 33.2 Å². The molecule has 2 aromatic carbocycles. The van der Waals surface area contributed by atoms with Crippen molar-refractivity contribution in [1.29, 1.82) is 0 Å². The Bertz CT molecular complexity index is 1040. The van der Waals surface area contributed by atoms with E-state index >= 15 is 0 Å². The Morgan fingerprint density at radius 3 is 2.10 bits per heavy atom. The molecule has 2 amide bonds. The van der Waals surface area contributed by atoms with Crippen molar-refractivity contribution in [2.75, 3.05) is 12.4 Å². The maximum absolute atomic E-state index is 13.0. The highest BCUT2D eigenvalue weighted by Crippen LogP contribution is 2.39. The Morgan fingerprint density at radius 1 is 1.07 bits per heavy atom. The van der Waals surface area contributed by atoms with Gasteiger partial charge in [-0.25, -0.2) is 0 Å². The lowest BCUT2D eigenvalue weighted by Crippen LogP contribution is -2.39. The number of carbonyl (C=O) groups excluding carboxylic acids is 2. The van der Waals surface area contributed by atoms with Crippen LogP contribution in [0.5, 0.6) is 0 Å². The van der Waals surface area contributed by atoms with Crippen LogP contribution in [-0.4, -0.2) is 52.8 Å². The first-order chi connectivity index (χ1) is 14.4. The van der Waals surface area contributed by atoms with Crippen molar-refractivity contribution >= 4 is 40.5 Å². The quantitative estimate of drug-likeness (QED) is 0.304. The molecule has 3 rings (SSSR count). The molecule has 0 radical (unpaired) electrons. The minimum Gasteiger partial charge on any atom is -0.396 e. The molecule has 5 nitrogen and oxygen atoms in total. The molecular formula is C24H24N2O3S. The zero-order valence-corrected chi connectivity index (χ0v) is 17.7. The Morgan fingerprint density at radius 2 is 1.60 bits per heavy atom. The third-order valence-corrected chi connectivity index (χ3v) is 6.64. The number of aliphatic hydroxyl groups is 1. The second kappa shape index (κ2) is 9.15. The fourth-order valence-corrected chi connectivity index (χ4v) is 4.51. The molecule has 2 aromatic rings. The van der Waals surface area contributed by atoms with Gasteiger partial charge in [-0.2, -0.15) is 10.5 Å². The van der Waals surface area contributed by atoms with Gasteiger partial charge in [0.25, 0.3) is 11.8 Å². The van der Waals surface area contributed by atoms with Crippen molar-refractivity contribution < 1.29 is 14.7 Å². The second-order valence-corrected chi connectivity index (χ2v) is 8.72. The Kier molecular flexibility index (Phi) is 6.59. The van der Waals surface area contributed by atoms with Gasteiger partial charge in [-0.15, -0.1) is 0 Å². The minimum absolute atomic E-state index is 0.0154. The SMILES string of the molecule is C=NC(=C(C(=C)S(=C)CCO)c1ccccc1)C(C)N1C(=O)c2ccccc2C1=O. The minimum atomic E-state index is -0.659. The van der Waals surface area contributed by atoms with Gasteiger partial charge in [-0.1, -0.05) is 54.9 Å². The van der Waals surface area contributed by atoms with E-state index in [2.05, 4.69) is 24.2 Å². The fourth-order valence-electron chi connectivity index (χ4n) is 3.54. The highest BCUT2D eigenvalue weighted by molar-refractivity contribution is 8.17. The summed E-state index contributed by atoms with van der Waals surface area (Å²) in [5, 5.41) is 9.36. The van der Waals surface area contributed by atoms with Gasteiger partial charge >= 0.3 is 0 Å². The summed E-state index contributed by atoms with van der Waals surface area (Å²) in [5.74, 6) is 3.88. The van der Waals surface area contributed by atoms with Crippen LogP contribution in [-0.2, 0) is 0 Å². The zero-order valence-electron chi connectivity index (χ0n) is 16.9. The van der Waals surface area contributed by atoms with Crippen molar-refractivity contribution in [1.82, 2.24) is 4.90 Å². The summed E-state index contributed by atoms with van der Waals surface area (Å²) < 4.78 is 0. The molecule has 1 N–H and O–H groups in total. The average molecular weight is 421 g/mol. The summed E-state index contributed by atoms with van der Waals surface area (Å²) >= 11 is 0. The zero-order chi connectivity index (χ0) is 21.8. The number of amides is 2. The van der Waals surface area contributed by atoms with E-state index in [4.69, 9.17) is 0 Å². The van der Waals surface area contributed by atoms with E-state index < -0.39 is 16.5 Å². The molecule has 2 atom stereocenters. The molecule has 154 valence electrons. The first kappa shape index (κ1) is 21.6. The highest BCUT2D eigenvalue weighted by atomic mass is 32.2. The number of fused-ring (bicyclic) bond motifs is 1. The molecule has 0 aliphatic carbocycles. The molecule has 6 heteroatoms. The van der Waals surface area contributed by atoms with Crippen LogP contribution in [0.3, 0.4) is 0 Å². The Labute approximate surface area is 179 Å². The van der Waals surface area contributed by atoms with Crippen molar-refractivity contribution in [3.05, 3.63) is 88.5 Å². The lowest BCUT2D eigenvalue weighted by molar-refractivity contribution is 0.0618. The standard InChI is InChI=1S/C24H24N2O3S/c1-16(26-23(28)19-12-8-9-13-20(19)24(26)29)22(25-3)21(17(2)30(4)15-14-27)18-10-6-5-7-11-18/h5-13,16,27H,2-4,14-15H2,1H3. The van der Waals surface area contributed by atoms with E-state index in [1.165, 1.54) is 4.90 Å². The number of hydrogen-bond donors (Lipinski definition) is 1. The number of aliphatic hydroxyl groups excluding tert-OH is 1. The molecule has 0 saturated heterocycles. The average Bonchev–Trinajstić information content (AvgIpc) is 3.02. The van der Waals surface area contributed by atoms with Gasteiger partial charge in [0.2, 0.25) is 0 Å². The summed E-state index contributed by atoms with van der Waals surface area (Å²) in [6.45, 7) is 9.68. The predicted octanol–water partition coefficient (Wildman–Crippen LogP) is 3.99. The second-order valence-electron chi connectivity index (χ2n) is 6.83. The number of rotatable bonds is 8. The van der Waals surface area contributed by atoms with Gasteiger partial charge in [0.05, 0.1) is 29.5 Å². The third kappa shape index (κ3) is 3.84. The van der Waals surface area contributed by atoms with E-state index in [-0.39, 0.29) is 18.4 Å². The Hall–Kier alpha value is -3.09. The molecule has 30 heavy (non-hydrogen) atoms. The van der Waals surface area contributed by atoms with E-state index in [0.29, 0.717) is 33.1 Å². The topological polar surface area (TPSA) is 70.0 Å². The van der Waals surface area contributed by atoms with E-state index in [1.54, 1.807) is 31.2 Å². The molecule has 0 aromatic heterocycles. The van der Waals surface area contributed by atoms with Crippen LogP contribution < -0.4 is 0 Å². The van der Waals surface area contributed by atoms with Gasteiger partial charge in [-0.3, -0.25) is 19.5 Å². The molecule has 2 unspecified atom stereocenters. The third-order valence-electron chi connectivity index (χ3n) is 5.06. The van der Waals surface area contributed by atoms with Crippen LogP contribution in [0, 0.1) is 0 Å². The molecule has 0 fully saturated rings. The summed E-state index contributed by atoms with van der Waals surface area (Å²) in [4.78, 5) is 32.1. The monoisotopic (exact) mass is 420 g/mol. The number of aliphatic imine (C=N–C) groups is 1. The van der Waals surface area contributed by atoms with Gasteiger partial charge in [0.1, 0.15) is 0 Å². The van der Waals surface area contributed by atoms with Gasteiger partial charge in [0, 0.05) is 16.2 Å². The van der Waals surface area contributed by atoms with Crippen LogP contribution in [0.25, 0.3) is 5.57 Å². The molecule has 1 aliphatic rings. The lowest BCUT2D eigenvalue weighted by atomic mass is 9.99. The van der Waals surface area contributed by atoms with E-state index in [1.807, 2.05) is 30.3 Å². The van der Waals surface area contributed by atoms with Crippen LogP contribution in [0.4, 0.5) is 0 Å². The highest BCUT2D eigenvalue weighted by Gasteiger charge is 2.40. The molecule has 0 saturated carbocycles. The summed E-state index contributed by atoms with van der Waals surface area (Å²) in [5.41, 5.74) is 2.78. The molecular weight excluding hydrogens is 396 g/mol. The number of carbonyl (C=O) groups is 2. The normalized spacial score (nSPS) is 16.0. The summed E-state index contributed by atoms with van der Waals surface area (Å²) in [7, 11) is -0.572. The number of allylic oxidation sites excluding steroid dienone is 1. The Balaban J connectivity index is 2.14.